The van der Waals surface area contributed by atoms with Crippen molar-refractivity contribution in [2.75, 3.05) is 24.0 Å². The van der Waals surface area contributed by atoms with Gasteiger partial charge in [0.15, 0.2) is 11.5 Å². The molecule has 0 saturated heterocycles. The fourth-order valence-corrected chi connectivity index (χ4v) is 3.73. The molecule has 3 aromatic rings. The predicted octanol–water partition coefficient (Wildman–Crippen LogP) is 2.51. The summed E-state index contributed by atoms with van der Waals surface area (Å²) in [6.07, 6.45) is 1.07. The Bertz CT molecular complexity index is 1270. The number of nitrogens with zero attached hydrogens (tertiary/aromatic N) is 3. The molecule has 32 heavy (non-hydrogen) atoms. The van der Waals surface area contributed by atoms with Gasteiger partial charge in [0, 0.05) is 11.8 Å². The monoisotopic (exact) mass is 458 g/mol. The van der Waals surface area contributed by atoms with Gasteiger partial charge in [-0.25, -0.2) is 18.4 Å². The Balaban J connectivity index is 1.58. The highest BCUT2D eigenvalue weighted by Crippen LogP contribution is 2.36. The zero-order chi connectivity index (χ0) is 22.7. The van der Waals surface area contributed by atoms with Gasteiger partial charge < -0.3 is 14.8 Å². The number of hydrazine groups is 1. The van der Waals surface area contributed by atoms with E-state index in [4.69, 9.17) is 9.47 Å². The summed E-state index contributed by atoms with van der Waals surface area (Å²) in [5, 5.41) is 14.6. The van der Waals surface area contributed by atoms with Crippen LogP contribution in [0.25, 0.3) is 0 Å². The van der Waals surface area contributed by atoms with E-state index in [2.05, 4.69) is 25.5 Å². The van der Waals surface area contributed by atoms with Crippen molar-refractivity contribution in [1.29, 1.82) is 0 Å². The Kier molecular flexibility index (Phi) is 5.75. The third kappa shape index (κ3) is 4.53. The summed E-state index contributed by atoms with van der Waals surface area (Å²) in [6.45, 7) is 2.65. The summed E-state index contributed by atoms with van der Waals surface area (Å²) in [7, 11) is -3.99. The van der Waals surface area contributed by atoms with Gasteiger partial charge in [0.2, 0.25) is 11.6 Å². The minimum absolute atomic E-state index is 0.0121. The van der Waals surface area contributed by atoms with Crippen LogP contribution in [0, 0.1) is 17.0 Å². The minimum atomic E-state index is -3.99. The summed E-state index contributed by atoms with van der Waals surface area (Å²) >= 11 is 0. The summed E-state index contributed by atoms with van der Waals surface area (Å²) in [5.41, 5.74) is 3.11. The van der Waals surface area contributed by atoms with E-state index in [1.54, 1.807) is 30.3 Å². The molecule has 0 unspecified atom stereocenters. The van der Waals surface area contributed by atoms with E-state index in [1.165, 1.54) is 12.1 Å². The van der Waals surface area contributed by atoms with Crippen LogP contribution >= 0.6 is 0 Å². The van der Waals surface area contributed by atoms with Gasteiger partial charge in [0.05, 0.1) is 9.82 Å². The molecule has 0 fully saturated rings. The number of aromatic nitrogens is 2. The number of benzene rings is 2. The zero-order valence-corrected chi connectivity index (χ0v) is 17.5. The van der Waals surface area contributed by atoms with E-state index in [9.17, 15) is 18.5 Å². The molecule has 0 atom stereocenters. The minimum Gasteiger partial charge on any atom is -0.486 e. The van der Waals surface area contributed by atoms with Crippen molar-refractivity contribution in [3.63, 3.8) is 0 Å². The largest absolute Gasteiger partial charge is 0.486 e. The first-order valence-electron chi connectivity index (χ1n) is 9.34. The number of aryl methyl sites for hydroxylation is 1. The second kappa shape index (κ2) is 8.64. The molecule has 0 amide bonds. The lowest BCUT2D eigenvalue weighted by Gasteiger charge is -2.19. The zero-order valence-electron chi connectivity index (χ0n) is 16.7. The molecule has 0 radical (unpaired) electrons. The maximum Gasteiger partial charge on any atom is 0.354 e. The Morgan fingerprint density at radius 1 is 1.00 bits per heavy atom. The topological polar surface area (TPSA) is 158 Å². The molecule has 0 spiro atoms. The highest BCUT2D eigenvalue weighted by Gasteiger charge is 2.25. The molecular formula is C19H18N6O6S. The van der Waals surface area contributed by atoms with Crippen LogP contribution in [-0.2, 0) is 10.0 Å². The summed E-state index contributed by atoms with van der Waals surface area (Å²) in [5.74, 6) is 0.577. The Morgan fingerprint density at radius 3 is 2.41 bits per heavy atom. The van der Waals surface area contributed by atoms with Gasteiger partial charge in [-0.05, 0) is 31.2 Å². The van der Waals surface area contributed by atoms with Crippen LogP contribution in [-0.4, -0.2) is 36.5 Å². The first kappa shape index (κ1) is 21.3. The van der Waals surface area contributed by atoms with Gasteiger partial charge in [-0.1, -0.05) is 17.7 Å². The molecular weight excluding hydrogens is 440 g/mol. The molecule has 12 nitrogen and oxygen atoms in total. The summed E-state index contributed by atoms with van der Waals surface area (Å²) in [6, 6.07) is 11.0. The molecule has 3 N–H and O–H groups in total. The first-order valence-corrected chi connectivity index (χ1v) is 10.8. The lowest BCUT2D eigenvalue weighted by atomic mass is 10.2. The first-order chi connectivity index (χ1) is 15.3. The van der Waals surface area contributed by atoms with E-state index < -0.39 is 20.6 Å². The number of hydrogen-bond donors (Lipinski definition) is 3. The van der Waals surface area contributed by atoms with Crippen molar-refractivity contribution in [3.8, 4) is 11.5 Å². The molecule has 4 rings (SSSR count). The molecule has 166 valence electrons. The van der Waals surface area contributed by atoms with E-state index in [1.807, 2.05) is 6.92 Å². The third-order valence-corrected chi connectivity index (χ3v) is 5.71. The maximum atomic E-state index is 12.5. The van der Waals surface area contributed by atoms with Gasteiger partial charge in [0.1, 0.15) is 19.5 Å². The van der Waals surface area contributed by atoms with Crippen LogP contribution in [0.2, 0.25) is 0 Å². The normalized spacial score (nSPS) is 12.8. The van der Waals surface area contributed by atoms with E-state index in [-0.39, 0.29) is 16.5 Å². The Labute approximate surface area is 182 Å². The van der Waals surface area contributed by atoms with Crippen LogP contribution < -0.4 is 25.0 Å². The second-order valence-electron chi connectivity index (χ2n) is 6.70. The highest BCUT2D eigenvalue weighted by atomic mass is 32.2. The fraction of sp³-hybridized carbons (Fsp3) is 0.158. The number of sulfonamides is 1. The quantitative estimate of drug-likeness (QED) is 0.355. The van der Waals surface area contributed by atoms with Crippen molar-refractivity contribution in [2.45, 2.75) is 11.8 Å². The van der Waals surface area contributed by atoms with Crippen molar-refractivity contribution in [2.24, 2.45) is 0 Å². The van der Waals surface area contributed by atoms with Gasteiger partial charge >= 0.3 is 5.69 Å². The molecule has 2 aromatic carbocycles. The molecule has 0 aliphatic carbocycles. The third-order valence-electron chi connectivity index (χ3n) is 4.44. The molecule has 2 heterocycles. The SMILES string of the molecule is Cc1ccc(S(=O)(=O)NNc2ncnc(Nc3ccc4c(c3)OCCO4)c2[N+](=O)[O-])cc1. The van der Waals surface area contributed by atoms with Crippen LogP contribution in [0.15, 0.2) is 53.7 Å². The van der Waals surface area contributed by atoms with Crippen LogP contribution in [0.1, 0.15) is 5.56 Å². The van der Waals surface area contributed by atoms with Gasteiger partial charge in [-0.3, -0.25) is 15.5 Å². The van der Waals surface area contributed by atoms with E-state index >= 15 is 0 Å². The number of ether oxygens (including phenoxy) is 2. The Hall–Kier alpha value is -3.97. The molecule has 1 aliphatic heterocycles. The number of fused-ring (bicyclic) bond motifs is 1. The molecule has 0 saturated carbocycles. The second-order valence-corrected chi connectivity index (χ2v) is 8.39. The van der Waals surface area contributed by atoms with Crippen LogP contribution in [0.3, 0.4) is 0 Å². The average molecular weight is 458 g/mol. The number of anilines is 3. The highest BCUT2D eigenvalue weighted by molar-refractivity contribution is 7.89. The van der Waals surface area contributed by atoms with Gasteiger partial charge in [-0.15, -0.1) is 4.83 Å². The van der Waals surface area contributed by atoms with E-state index in [0.29, 0.717) is 30.4 Å². The molecule has 0 bridgehead atoms. The van der Waals surface area contributed by atoms with Crippen LogP contribution in [0.4, 0.5) is 23.0 Å². The van der Waals surface area contributed by atoms with Crippen molar-refractivity contribution in [1.82, 2.24) is 14.8 Å². The predicted molar refractivity (Wildman–Crippen MR) is 115 cm³/mol. The standard InChI is InChI=1S/C19H18N6O6S/c1-12-2-5-14(6-3-12)32(28,29)24-23-19-17(25(26)27)18(20-11-21-19)22-13-4-7-15-16(10-13)31-9-8-30-15/h2-7,10-11,24H,8-9H2,1H3,(H2,20,21,22,23). The smallest absolute Gasteiger partial charge is 0.354 e. The number of nitrogens with one attached hydrogen (secondary N) is 3. The number of nitro groups is 1. The molecule has 1 aromatic heterocycles. The van der Waals surface area contributed by atoms with E-state index in [0.717, 1.165) is 11.9 Å². The molecule has 13 heteroatoms. The van der Waals surface area contributed by atoms with Gasteiger partial charge in [0.25, 0.3) is 10.0 Å². The van der Waals surface area contributed by atoms with Crippen LogP contribution in [0.5, 0.6) is 11.5 Å². The van der Waals surface area contributed by atoms with Crippen molar-refractivity contribution in [3.05, 3.63) is 64.5 Å². The number of hydrogen-bond acceptors (Lipinski definition) is 10. The lowest BCUT2D eigenvalue weighted by molar-refractivity contribution is -0.383. The Morgan fingerprint density at radius 2 is 1.69 bits per heavy atom. The maximum absolute atomic E-state index is 12.5. The lowest BCUT2D eigenvalue weighted by Crippen LogP contribution is -2.30. The number of rotatable bonds is 7. The van der Waals surface area contributed by atoms with Gasteiger partial charge in [-0.2, -0.15) is 0 Å². The summed E-state index contributed by atoms with van der Waals surface area (Å²) < 4.78 is 35.9. The van der Waals surface area contributed by atoms with Crippen molar-refractivity contribution >= 4 is 33.0 Å². The average Bonchev–Trinajstić information content (AvgIpc) is 2.78. The molecule has 1 aliphatic rings. The van der Waals surface area contributed by atoms with Crippen molar-refractivity contribution < 1.29 is 22.8 Å². The fourth-order valence-electron chi connectivity index (χ4n) is 2.88. The summed E-state index contributed by atoms with van der Waals surface area (Å²) in [4.78, 5) is 20.8.